The van der Waals surface area contributed by atoms with Crippen LogP contribution in [0.3, 0.4) is 0 Å². The lowest BCUT2D eigenvalue weighted by molar-refractivity contribution is 0.491. The van der Waals surface area contributed by atoms with Crippen LogP contribution in [0, 0.1) is 6.92 Å². The molecule has 0 radical (unpaired) electrons. The zero-order chi connectivity index (χ0) is 8.55. The van der Waals surface area contributed by atoms with Crippen LogP contribution in [0.1, 0.15) is 18.0 Å². The molecule has 12 heavy (non-hydrogen) atoms. The highest BCUT2D eigenvalue weighted by molar-refractivity contribution is 6.30. The molecule has 0 aromatic carbocycles. The largest absolute Gasteiger partial charge is 0.315 e. The Kier molecular flexibility index (Phi) is 2.07. The second kappa shape index (κ2) is 3.07. The van der Waals surface area contributed by atoms with E-state index in [0.29, 0.717) is 6.04 Å². The molecule has 1 saturated heterocycles. The smallest absolute Gasteiger partial charge is 0.130 e. The van der Waals surface area contributed by atoms with Crippen molar-refractivity contribution in [2.45, 2.75) is 19.4 Å². The van der Waals surface area contributed by atoms with E-state index in [1.165, 1.54) is 0 Å². The molecule has 1 atom stereocenters. The topological polar surface area (TPSA) is 29.9 Å². The van der Waals surface area contributed by atoms with Crippen molar-refractivity contribution >= 4 is 11.6 Å². The number of halogens is 1. The van der Waals surface area contributed by atoms with Crippen molar-refractivity contribution in [1.82, 2.24) is 15.1 Å². The first kappa shape index (κ1) is 8.08. The Hall–Kier alpha value is -0.540. The first-order valence-electron chi connectivity index (χ1n) is 4.19. The second-order valence-electron chi connectivity index (χ2n) is 3.21. The van der Waals surface area contributed by atoms with E-state index in [4.69, 9.17) is 11.6 Å². The maximum Gasteiger partial charge on any atom is 0.130 e. The van der Waals surface area contributed by atoms with Gasteiger partial charge in [-0.25, -0.2) is 4.68 Å². The normalized spacial score (nSPS) is 23.3. The summed E-state index contributed by atoms with van der Waals surface area (Å²) >= 11 is 6.06. The summed E-state index contributed by atoms with van der Waals surface area (Å²) in [4.78, 5) is 0. The number of rotatable bonds is 1. The quantitative estimate of drug-likeness (QED) is 0.717. The molecule has 1 unspecified atom stereocenters. The van der Waals surface area contributed by atoms with Gasteiger partial charge < -0.3 is 5.32 Å². The molecule has 1 aliphatic heterocycles. The fourth-order valence-electron chi connectivity index (χ4n) is 1.54. The molecule has 1 fully saturated rings. The van der Waals surface area contributed by atoms with E-state index in [1.807, 2.05) is 17.8 Å². The van der Waals surface area contributed by atoms with Gasteiger partial charge in [0, 0.05) is 12.1 Å². The zero-order valence-corrected chi connectivity index (χ0v) is 7.80. The lowest BCUT2D eigenvalue weighted by Crippen LogP contribution is -2.14. The van der Waals surface area contributed by atoms with Crippen molar-refractivity contribution in [3.8, 4) is 0 Å². The van der Waals surface area contributed by atoms with Gasteiger partial charge in [-0.2, -0.15) is 5.10 Å². The molecule has 2 rings (SSSR count). The van der Waals surface area contributed by atoms with E-state index < -0.39 is 0 Å². The van der Waals surface area contributed by atoms with Crippen molar-refractivity contribution in [3.05, 3.63) is 16.9 Å². The summed E-state index contributed by atoms with van der Waals surface area (Å²) in [6, 6.07) is 0.450. The van der Waals surface area contributed by atoms with E-state index in [-0.39, 0.29) is 0 Å². The highest BCUT2D eigenvalue weighted by atomic mass is 35.5. The van der Waals surface area contributed by atoms with Crippen molar-refractivity contribution in [3.63, 3.8) is 0 Å². The van der Waals surface area contributed by atoms with Crippen LogP contribution in [0.25, 0.3) is 0 Å². The summed E-state index contributed by atoms with van der Waals surface area (Å²) in [7, 11) is 0. The second-order valence-corrected chi connectivity index (χ2v) is 3.57. The third-order valence-corrected chi connectivity index (χ3v) is 2.75. The van der Waals surface area contributed by atoms with E-state index in [9.17, 15) is 0 Å². The first-order chi connectivity index (χ1) is 5.79. The molecule has 0 bridgehead atoms. The molecule has 0 amide bonds. The van der Waals surface area contributed by atoms with E-state index in [0.717, 1.165) is 30.2 Å². The van der Waals surface area contributed by atoms with Gasteiger partial charge in [-0.15, -0.1) is 0 Å². The third kappa shape index (κ3) is 1.23. The van der Waals surface area contributed by atoms with Crippen LogP contribution in [0.5, 0.6) is 0 Å². The molecule has 66 valence electrons. The number of aromatic nitrogens is 2. The maximum absolute atomic E-state index is 6.06. The number of nitrogens with zero attached hydrogens (tertiary/aromatic N) is 2. The number of nitrogens with one attached hydrogen (secondary N) is 1. The van der Waals surface area contributed by atoms with Crippen LogP contribution in [0.15, 0.2) is 6.20 Å². The predicted molar refractivity (Wildman–Crippen MR) is 48.5 cm³/mol. The fourth-order valence-corrected chi connectivity index (χ4v) is 1.77. The van der Waals surface area contributed by atoms with E-state index >= 15 is 0 Å². The number of hydrogen-bond acceptors (Lipinski definition) is 2. The predicted octanol–water partition coefficient (Wildman–Crippen LogP) is 1.38. The van der Waals surface area contributed by atoms with Gasteiger partial charge in [-0.05, 0) is 19.9 Å². The Labute approximate surface area is 76.7 Å². The lowest BCUT2D eigenvalue weighted by atomic mass is 10.3. The Morgan fingerprint density at radius 1 is 1.75 bits per heavy atom. The highest BCUT2D eigenvalue weighted by Gasteiger charge is 2.19. The molecule has 1 N–H and O–H groups in total. The Bertz CT molecular complexity index is 276. The van der Waals surface area contributed by atoms with Gasteiger partial charge in [-0.1, -0.05) is 11.6 Å². The van der Waals surface area contributed by atoms with Gasteiger partial charge in [0.05, 0.1) is 12.2 Å². The average Bonchev–Trinajstić information content (AvgIpc) is 2.64. The van der Waals surface area contributed by atoms with Crippen LogP contribution in [0.2, 0.25) is 5.15 Å². The number of hydrogen-bond donors (Lipinski definition) is 1. The fraction of sp³-hybridized carbons (Fsp3) is 0.625. The third-order valence-electron chi connectivity index (χ3n) is 2.28. The van der Waals surface area contributed by atoms with Gasteiger partial charge in [0.25, 0.3) is 0 Å². The molecule has 0 saturated carbocycles. The Morgan fingerprint density at radius 3 is 3.08 bits per heavy atom. The van der Waals surface area contributed by atoms with Crippen LogP contribution in [-0.2, 0) is 0 Å². The minimum Gasteiger partial charge on any atom is -0.315 e. The Balaban J connectivity index is 2.26. The van der Waals surface area contributed by atoms with Gasteiger partial charge >= 0.3 is 0 Å². The SMILES string of the molecule is Cc1cnn(C2CCNC2)c1Cl. The summed E-state index contributed by atoms with van der Waals surface area (Å²) in [5.74, 6) is 0. The molecule has 3 nitrogen and oxygen atoms in total. The minimum absolute atomic E-state index is 0.450. The molecule has 1 aliphatic rings. The minimum atomic E-state index is 0.450. The lowest BCUT2D eigenvalue weighted by Gasteiger charge is -2.09. The molecule has 0 spiro atoms. The molecule has 1 aromatic heterocycles. The molecule has 2 heterocycles. The summed E-state index contributed by atoms with van der Waals surface area (Å²) in [5, 5.41) is 8.31. The molecular weight excluding hydrogens is 174 g/mol. The van der Waals surface area contributed by atoms with E-state index in [2.05, 4.69) is 10.4 Å². The summed E-state index contributed by atoms with van der Waals surface area (Å²) < 4.78 is 1.91. The van der Waals surface area contributed by atoms with Gasteiger partial charge in [0.1, 0.15) is 5.15 Å². The van der Waals surface area contributed by atoms with Crippen molar-refractivity contribution in [2.24, 2.45) is 0 Å². The van der Waals surface area contributed by atoms with Crippen LogP contribution in [-0.4, -0.2) is 22.9 Å². The highest BCUT2D eigenvalue weighted by Crippen LogP contribution is 2.22. The van der Waals surface area contributed by atoms with Gasteiger partial charge in [-0.3, -0.25) is 0 Å². The van der Waals surface area contributed by atoms with Crippen LogP contribution in [0.4, 0.5) is 0 Å². The van der Waals surface area contributed by atoms with Gasteiger partial charge in [0.15, 0.2) is 0 Å². The average molecular weight is 186 g/mol. The summed E-state index contributed by atoms with van der Waals surface area (Å²) in [5.41, 5.74) is 1.06. The molecular formula is C8H12ClN3. The monoisotopic (exact) mass is 185 g/mol. The molecule has 4 heteroatoms. The number of aryl methyl sites for hydroxylation is 1. The maximum atomic E-state index is 6.06. The van der Waals surface area contributed by atoms with Crippen molar-refractivity contribution in [1.29, 1.82) is 0 Å². The zero-order valence-electron chi connectivity index (χ0n) is 7.05. The summed E-state index contributed by atoms with van der Waals surface area (Å²) in [6.07, 6.45) is 2.95. The van der Waals surface area contributed by atoms with Crippen molar-refractivity contribution < 1.29 is 0 Å². The summed E-state index contributed by atoms with van der Waals surface area (Å²) in [6.45, 7) is 4.04. The van der Waals surface area contributed by atoms with E-state index in [1.54, 1.807) is 0 Å². The van der Waals surface area contributed by atoms with Gasteiger partial charge in [0.2, 0.25) is 0 Å². The van der Waals surface area contributed by atoms with Crippen LogP contribution < -0.4 is 5.32 Å². The molecule has 0 aliphatic carbocycles. The standard InChI is InChI=1S/C8H12ClN3/c1-6-4-11-12(8(6)9)7-2-3-10-5-7/h4,7,10H,2-3,5H2,1H3. The molecule has 1 aromatic rings. The van der Waals surface area contributed by atoms with Crippen molar-refractivity contribution in [2.75, 3.05) is 13.1 Å². The van der Waals surface area contributed by atoms with Crippen LogP contribution >= 0.6 is 11.6 Å². The first-order valence-corrected chi connectivity index (χ1v) is 4.57. The Morgan fingerprint density at radius 2 is 2.58 bits per heavy atom.